The van der Waals surface area contributed by atoms with Crippen molar-refractivity contribution in [2.45, 2.75) is 65.5 Å². The zero-order valence-electron chi connectivity index (χ0n) is 13.1. The Hall–Kier alpha value is -1.25. The molecule has 1 aromatic heterocycles. The second kappa shape index (κ2) is 6.96. The number of anilines is 1. The van der Waals surface area contributed by atoms with Crippen LogP contribution >= 0.6 is 0 Å². The Labute approximate surface area is 122 Å². The summed E-state index contributed by atoms with van der Waals surface area (Å²) in [6.45, 7) is 7.55. The minimum absolute atomic E-state index is 0.0982. The van der Waals surface area contributed by atoms with Crippen LogP contribution in [-0.2, 0) is 6.54 Å². The summed E-state index contributed by atoms with van der Waals surface area (Å²) in [5.74, 6) is 1.61. The van der Waals surface area contributed by atoms with Gasteiger partial charge in [0.25, 0.3) is 5.56 Å². The zero-order chi connectivity index (χ0) is 14.5. The molecule has 112 valence electrons. The zero-order valence-corrected chi connectivity index (χ0v) is 13.1. The number of nitrogens with zero attached hydrogens (tertiary/aromatic N) is 1. The van der Waals surface area contributed by atoms with E-state index >= 15 is 0 Å². The highest BCUT2D eigenvalue weighted by Crippen LogP contribution is 2.31. The van der Waals surface area contributed by atoms with Crippen molar-refractivity contribution in [3.05, 3.63) is 28.7 Å². The summed E-state index contributed by atoms with van der Waals surface area (Å²) in [5.41, 5.74) is 1.19. The lowest BCUT2D eigenvalue weighted by Crippen LogP contribution is -2.30. The van der Waals surface area contributed by atoms with Crippen molar-refractivity contribution in [2.75, 3.05) is 5.32 Å². The van der Waals surface area contributed by atoms with Crippen LogP contribution in [0.4, 0.5) is 5.69 Å². The average molecular weight is 276 g/mol. The van der Waals surface area contributed by atoms with Gasteiger partial charge in [-0.1, -0.05) is 33.6 Å². The standard InChI is InChI=1S/C17H28N2O/c1-4-10-19-12-16(8-9-17(19)20)18-15-7-5-6-14(11-15)13(2)3/h8-9,12-15,18H,4-7,10-11H2,1-3H3. The van der Waals surface area contributed by atoms with E-state index in [-0.39, 0.29) is 5.56 Å². The van der Waals surface area contributed by atoms with Gasteiger partial charge in [-0.2, -0.15) is 0 Å². The van der Waals surface area contributed by atoms with Crippen LogP contribution in [0.15, 0.2) is 23.1 Å². The highest BCUT2D eigenvalue weighted by molar-refractivity contribution is 5.41. The van der Waals surface area contributed by atoms with Crippen LogP contribution in [0.1, 0.15) is 52.9 Å². The van der Waals surface area contributed by atoms with Crippen LogP contribution in [0, 0.1) is 11.8 Å². The second-order valence-corrected chi connectivity index (χ2v) is 6.46. The Morgan fingerprint density at radius 3 is 2.85 bits per heavy atom. The predicted octanol–water partition coefficient (Wildman–Crippen LogP) is 3.89. The molecular weight excluding hydrogens is 248 g/mol. The van der Waals surface area contributed by atoms with Crippen LogP contribution in [-0.4, -0.2) is 10.6 Å². The van der Waals surface area contributed by atoms with Gasteiger partial charge in [-0.05, 0) is 37.2 Å². The molecule has 0 bridgehead atoms. The fourth-order valence-electron chi connectivity index (χ4n) is 3.23. The fraction of sp³-hybridized carbons (Fsp3) is 0.706. The average Bonchev–Trinajstić information content (AvgIpc) is 2.43. The number of pyridine rings is 1. The van der Waals surface area contributed by atoms with Gasteiger partial charge in [-0.15, -0.1) is 0 Å². The van der Waals surface area contributed by atoms with Gasteiger partial charge in [0, 0.05) is 24.8 Å². The van der Waals surface area contributed by atoms with E-state index in [0.717, 1.165) is 30.5 Å². The molecule has 0 amide bonds. The van der Waals surface area contributed by atoms with Crippen molar-refractivity contribution in [2.24, 2.45) is 11.8 Å². The van der Waals surface area contributed by atoms with E-state index in [2.05, 4.69) is 26.1 Å². The molecule has 1 fully saturated rings. The maximum atomic E-state index is 11.7. The lowest BCUT2D eigenvalue weighted by atomic mass is 9.79. The monoisotopic (exact) mass is 276 g/mol. The maximum Gasteiger partial charge on any atom is 0.250 e. The summed E-state index contributed by atoms with van der Waals surface area (Å²) < 4.78 is 1.81. The van der Waals surface area contributed by atoms with Crippen LogP contribution in [0.3, 0.4) is 0 Å². The molecule has 1 heterocycles. The first-order chi connectivity index (χ1) is 9.60. The van der Waals surface area contributed by atoms with E-state index in [1.807, 2.05) is 16.8 Å². The topological polar surface area (TPSA) is 34.0 Å². The van der Waals surface area contributed by atoms with E-state index in [0.29, 0.717) is 6.04 Å². The second-order valence-electron chi connectivity index (χ2n) is 6.46. The van der Waals surface area contributed by atoms with E-state index < -0.39 is 0 Å². The molecule has 2 unspecified atom stereocenters. The van der Waals surface area contributed by atoms with E-state index in [9.17, 15) is 4.79 Å². The van der Waals surface area contributed by atoms with Crippen molar-refractivity contribution in [1.29, 1.82) is 0 Å². The Balaban J connectivity index is 2.02. The molecule has 1 aromatic rings. The third-order valence-corrected chi connectivity index (χ3v) is 4.48. The lowest BCUT2D eigenvalue weighted by Gasteiger charge is -2.32. The highest BCUT2D eigenvalue weighted by Gasteiger charge is 2.23. The molecule has 1 aliphatic rings. The first-order valence-corrected chi connectivity index (χ1v) is 8.07. The molecular formula is C17H28N2O. The Morgan fingerprint density at radius 1 is 1.35 bits per heavy atom. The number of nitrogens with one attached hydrogen (secondary N) is 1. The fourth-order valence-corrected chi connectivity index (χ4v) is 3.23. The molecule has 0 aromatic carbocycles. The number of aromatic nitrogens is 1. The van der Waals surface area contributed by atoms with Crippen molar-refractivity contribution in [3.8, 4) is 0 Å². The Morgan fingerprint density at radius 2 is 2.15 bits per heavy atom. The SMILES string of the molecule is CCCn1cc(NC2CCCC(C(C)C)C2)ccc1=O. The summed E-state index contributed by atoms with van der Waals surface area (Å²) >= 11 is 0. The number of rotatable bonds is 5. The van der Waals surface area contributed by atoms with Crippen LogP contribution in [0.2, 0.25) is 0 Å². The quantitative estimate of drug-likeness (QED) is 0.885. The minimum atomic E-state index is 0.0982. The minimum Gasteiger partial charge on any atom is -0.381 e. The smallest absolute Gasteiger partial charge is 0.250 e. The molecule has 1 N–H and O–H groups in total. The van der Waals surface area contributed by atoms with E-state index in [4.69, 9.17) is 0 Å². The molecule has 0 radical (unpaired) electrons. The van der Waals surface area contributed by atoms with Crippen molar-refractivity contribution in [1.82, 2.24) is 4.57 Å². The van der Waals surface area contributed by atoms with Gasteiger partial charge in [0.15, 0.2) is 0 Å². The van der Waals surface area contributed by atoms with Crippen LogP contribution < -0.4 is 10.9 Å². The van der Waals surface area contributed by atoms with Gasteiger partial charge in [0.05, 0.1) is 5.69 Å². The van der Waals surface area contributed by atoms with Crippen LogP contribution in [0.25, 0.3) is 0 Å². The highest BCUT2D eigenvalue weighted by atomic mass is 16.1. The molecule has 1 saturated carbocycles. The Kier molecular flexibility index (Phi) is 5.27. The van der Waals surface area contributed by atoms with Gasteiger partial charge in [-0.3, -0.25) is 4.79 Å². The molecule has 3 heteroatoms. The van der Waals surface area contributed by atoms with Gasteiger partial charge in [0.2, 0.25) is 0 Å². The van der Waals surface area contributed by atoms with Crippen molar-refractivity contribution in [3.63, 3.8) is 0 Å². The van der Waals surface area contributed by atoms with Crippen molar-refractivity contribution >= 4 is 5.69 Å². The maximum absolute atomic E-state index is 11.7. The summed E-state index contributed by atoms with van der Waals surface area (Å²) in [4.78, 5) is 11.7. The van der Waals surface area contributed by atoms with Gasteiger partial charge >= 0.3 is 0 Å². The van der Waals surface area contributed by atoms with Gasteiger partial charge in [-0.25, -0.2) is 0 Å². The number of hydrogen-bond donors (Lipinski definition) is 1. The normalized spacial score (nSPS) is 23.0. The molecule has 3 nitrogen and oxygen atoms in total. The summed E-state index contributed by atoms with van der Waals surface area (Å²) in [6, 6.07) is 4.16. The molecule has 20 heavy (non-hydrogen) atoms. The number of hydrogen-bond acceptors (Lipinski definition) is 2. The van der Waals surface area contributed by atoms with Crippen molar-refractivity contribution < 1.29 is 0 Å². The van der Waals surface area contributed by atoms with Gasteiger partial charge in [0.1, 0.15) is 0 Å². The van der Waals surface area contributed by atoms with Gasteiger partial charge < -0.3 is 9.88 Å². The molecule has 0 aliphatic heterocycles. The lowest BCUT2D eigenvalue weighted by molar-refractivity contribution is 0.264. The third kappa shape index (κ3) is 3.87. The molecule has 2 rings (SSSR count). The molecule has 0 saturated heterocycles. The first kappa shape index (κ1) is 15.1. The summed E-state index contributed by atoms with van der Waals surface area (Å²) in [6.07, 6.45) is 8.15. The number of aryl methyl sites for hydroxylation is 1. The Bertz CT molecular complexity index is 478. The predicted molar refractivity (Wildman–Crippen MR) is 85.2 cm³/mol. The summed E-state index contributed by atoms with van der Waals surface area (Å²) in [5, 5.41) is 3.63. The summed E-state index contributed by atoms with van der Waals surface area (Å²) in [7, 11) is 0. The molecule has 0 spiro atoms. The largest absolute Gasteiger partial charge is 0.381 e. The van der Waals surface area contributed by atoms with Crippen LogP contribution in [0.5, 0.6) is 0 Å². The first-order valence-electron chi connectivity index (χ1n) is 8.07. The molecule has 1 aliphatic carbocycles. The third-order valence-electron chi connectivity index (χ3n) is 4.48. The van der Waals surface area contributed by atoms with E-state index in [1.54, 1.807) is 6.07 Å². The van der Waals surface area contributed by atoms with E-state index in [1.165, 1.54) is 25.7 Å². The molecule has 2 atom stereocenters.